The molecule has 1 aliphatic heterocycles. The van der Waals surface area contributed by atoms with Crippen molar-refractivity contribution in [1.29, 1.82) is 0 Å². The Kier molecular flexibility index (Phi) is 5.45. The van der Waals surface area contributed by atoms with Crippen molar-refractivity contribution >= 4 is 5.97 Å². The Balaban J connectivity index is 1.72. The first kappa shape index (κ1) is 20.9. The Labute approximate surface area is 176 Å². The van der Waals surface area contributed by atoms with Gasteiger partial charge in [0.1, 0.15) is 5.75 Å². The molecular formula is C24H19F3O4. The first-order chi connectivity index (χ1) is 14.8. The van der Waals surface area contributed by atoms with Gasteiger partial charge in [0.05, 0.1) is 23.8 Å². The lowest BCUT2D eigenvalue weighted by Gasteiger charge is -2.31. The maximum absolute atomic E-state index is 13.6. The van der Waals surface area contributed by atoms with E-state index in [1.54, 1.807) is 0 Å². The lowest BCUT2D eigenvalue weighted by molar-refractivity contribution is -0.137. The van der Waals surface area contributed by atoms with Gasteiger partial charge in [0, 0.05) is 17.0 Å². The van der Waals surface area contributed by atoms with Crippen LogP contribution in [0.25, 0.3) is 11.1 Å². The standard InChI is InChI=1S/C24H19F3O4/c25-24(26,27)19-8-4-7-18(23(29)30)21(19)15-9-10-17-20(12-15)31-13-16(22(17)28)11-14-5-2-1-3-6-14/h1-10,12,16,22,28H,11,13H2,(H,29,30)/t16-,22+/m0/s1. The van der Waals surface area contributed by atoms with Crippen molar-refractivity contribution in [2.45, 2.75) is 18.7 Å². The van der Waals surface area contributed by atoms with Gasteiger partial charge in [-0.3, -0.25) is 0 Å². The molecule has 0 aliphatic carbocycles. The summed E-state index contributed by atoms with van der Waals surface area (Å²) in [6, 6.07) is 17.0. The van der Waals surface area contributed by atoms with Crippen LogP contribution in [0.15, 0.2) is 66.7 Å². The largest absolute Gasteiger partial charge is 0.493 e. The Bertz CT molecular complexity index is 1110. The summed E-state index contributed by atoms with van der Waals surface area (Å²) in [6.45, 7) is 0.194. The van der Waals surface area contributed by atoms with Crippen LogP contribution in [0.1, 0.15) is 33.2 Å². The molecule has 4 rings (SSSR count). The summed E-state index contributed by atoms with van der Waals surface area (Å²) in [4.78, 5) is 11.6. The van der Waals surface area contributed by atoms with Crippen LogP contribution in [0.5, 0.6) is 5.75 Å². The Morgan fingerprint density at radius 1 is 1.03 bits per heavy atom. The lowest BCUT2D eigenvalue weighted by atomic mass is 9.86. The summed E-state index contributed by atoms with van der Waals surface area (Å²) in [5.41, 5.74) is -0.330. The maximum atomic E-state index is 13.6. The first-order valence-corrected chi connectivity index (χ1v) is 9.68. The van der Waals surface area contributed by atoms with E-state index in [4.69, 9.17) is 4.74 Å². The number of fused-ring (bicyclic) bond motifs is 1. The topological polar surface area (TPSA) is 66.8 Å². The number of alkyl halides is 3. The Hall–Kier alpha value is -3.32. The second-order valence-electron chi connectivity index (χ2n) is 7.49. The minimum absolute atomic E-state index is 0.0674. The van der Waals surface area contributed by atoms with Gasteiger partial charge in [-0.1, -0.05) is 48.5 Å². The third-order valence-corrected chi connectivity index (χ3v) is 5.46. The number of halogens is 3. The molecule has 0 fully saturated rings. The van der Waals surface area contributed by atoms with Crippen LogP contribution in [0.3, 0.4) is 0 Å². The van der Waals surface area contributed by atoms with Gasteiger partial charge < -0.3 is 14.9 Å². The highest BCUT2D eigenvalue weighted by atomic mass is 19.4. The highest BCUT2D eigenvalue weighted by Gasteiger charge is 2.36. The van der Waals surface area contributed by atoms with Crippen molar-refractivity contribution in [3.63, 3.8) is 0 Å². The number of ether oxygens (including phenoxy) is 1. The Morgan fingerprint density at radius 2 is 1.77 bits per heavy atom. The molecule has 3 aromatic carbocycles. The molecule has 3 aromatic rings. The number of carbonyl (C=O) groups is 1. The number of benzene rings is 3. The van der Waals surface area contributed by atoms with E-state index in [2.05, 4.69) is 0 Å². The molecule has 4 nitrogen and oxygen atoms in total. The van der Waals surface area contributed by atoms with Crippen molar-refractivity contribution in [1.82, 2.24) is 0 Å². The van der Waals surface area contributed by atoms with Gasteiger partial charge in [0.15, 0.2) is 0 Å². The van der Waals surface area contributed by atoms with Crippen molar-refractivity contribution in [3.8, 4) is 16.9 Å². The molecule has 0 radical (unpaired) electrons. The summed E-state index contributed by atoms with van der Waals surface area (Å²) >= 11 is 0. The number of carboxylic acids is 1. The van der Waals surface area contributed by atoms with Crippen molar-refractivity contribution < 1.29 is 32.9 Å². The number of rotatable bonds is 4. The zero-order valence-corrected chi connectivity index (χ0v) is 16.3. The molecule has 0 aromatic heterocycles. The normalized spacial score (nSPS) is 18.2. The fourth-order valence-corrected chi connectivity index (χ4v) is 3.97. The van der Waals surface area contributed by atoms with Crippen LogP contribution < -0.4 is 4.74 Å². The molecule has 31 heavy (non-hydrogen) atoms. The van der Waals surface area contributed by atoms with Gasteiger partial charge in [0.25, 0.3) is 0 Å². The highest BCUT2D eigenvalue weighted by Crippen LogP contribution is 2.43. The van der Waals surface area contributed by atoms with E-state index >= 15 is 0 Å². The van der Waals surface area contributed by atoms with E-state index in [0.717, 1.165) is 23.8 Å². The van der Waals surface area contributed by atoms with Crippen LogP contribution in [0.4, 0.5) is 13.2 Å². The van der Waals surface area contributed by atoms with Gasteiger partial charge in [-0.2, -0.15) is 13.2 Å². The molecule has 2 atom stereocenters. The van der Waals surface area contributed by atoms with Gasteiger partial charge in [-0.05, 0) is 35.7 Å². The number of carboxylic acid groups (broad SMARTS) is 1. The van der Waals surface area contributed by atoms with Gasteiger partial charge in [0.2, 0.25) is 0 Å². The fourth-order valence-electron chi connectivity index (χ4n) is 3.97. The van der Waals surface area contributed by atoms with Gasteiger partial charge in [-0.15, -0.1) is 0 Å². The second kappa shape index (κ2) is 8.07. The minimum atomic E-state index is -4.72. The fraction of sp³-hybridized carbons (Fsp3) is 0.208. The molecular weight excluding hydrogens is 409 g/mol. The van der Waals surface area contributed by atoms with Gasteiger partial charge in [-0.25, -0.2) is 4.79 Å². The molecule has 0 amide bonds. The quantitative estimate of drug-likeness (QED) is 0.588. The zero-order chi connectivity index (χ0) is 22.2. The number of aliphatic hydroxyl groups is 1. The molecule has 1 heterocycles. The predicted octanol–water partition coefficient (Wildman–Crippen LogP) is 5.36. The number of aliphatic hydroxyl groups excluding tert-OH is 1. The number of hydrogen-bond donors (Lipinski definition) is 2. The average molecular weight is 428 g/mol. The second-order valence-corrected chi connectivity index (χ2v) is 7.49. The number of hydrogen-bond acceptors (Lipinski definition) is 3. The Morgan fingerprint density at radius 3 is 2.45 bits per heavy atom. The monoisotopic (exact) mass is 428 g/mol. The van der Waals surface area contributed by atoms with E-state index in [1.807, 2.05) is 30.3 Å². The molecule has 0 spiro atoms. The third-order valence-electron chi connectivity index (χ3n) is 5.46. The van der Waals surface area contributed by atoms with Crippen LogP contribution in [-0.2, 0) is 12.6 Å². The lowest BCUT2D eigenvalue weighted by Crippen LogP contribution is -2.27. The summed E-state index contributed by atoms with van der Waals surface area (Å²) in [5.74, 6) is -1.41. The van der Waals surface area contributed by atoms with Crippen LogP contribution in [-0.4, -0.2) is 22.8 Å². The molecule has 0 saturated carbocycles. The van der Waals surface area contributed by atoms with E-state index in [0.29, 0.717) is 12.0 Å². The maximum Gasteiger partial charge on any atom is 0.417 e. The third kappa shape index (κ3) is 4.14. The van der Waals surface area contributed by atoms with Crippen LogP contribution >= 0.6 is 0 Å². The SMILES string of the molecule is O=C(O)c1cccc(C(F)(F)F)c1-c1ccc2c(c1)OC[C@H](Cc1ccccc1)[C@H]2O. The van der Waals surface area contributed by atoms with Crippen LogP contribution in [0, 0.1) is 5.92 Å². The van der Waals surface area contributed by atoms with E-state index < -0.39 is 34.9 Å². The highest BCUT2D eigenvalue weighted by molar-refractivity contribution is 5.97. The van der Waals surface area contributed by atoms with Gasteiger partial charge >= 0.3 is 12.1 Å². The minimum Gasteiger partial charge on any atom is -0.493 e. The van der Waals surface area contributed by atoms with Crippen molar-refractivity contribution in [2.24, 2.45) is 5.92 Å². The molecule has 0 unspecified atom stereocenters. The summed E-state index contributed by atoms with van der Waals surface area (Å²) in [5, 5.41) is 20.3. The smallest absolute Gasteiger partial charge is 0.417 e. The van der Waals surface area contributed by atoms with Crippen molar-refractivity contribution in [2.75, 3.05) is 6.61 Å². The zero-order valence-electron chi connectivity index (χ0n) is 16.3. The van der Waals surface area contributed by atoms with E-state index in [9.17, 15) is 28.2 Å². The predicted molar refractivity (Wildman–Crippen MR) is 108 cm³/mol. The molecule has 2 N–H and O–H groups in total. The molecule has 0 saturated heterocycles. The van der Waals surface area contributed by atoms with E-state index in [-0.39, 0.29) is 23.8 Å². The summed E-state index contributed by atoms with van der Waals surface area (Å²) in [6.07, 6.45) is -4.99. The summed E-state index contributed by atoms with van der Waals surface area (Å²) < 4.78 is 46.5. The van der Waals surface area contributed by atoms with Crippen LogP contribution in [0.2, 0.25) is 0 Å². The molecule has 7 heteroatoms. The van der Waals surface area contributed by atoms with Crippen molar-refractivity contribution in [3.05, 3.63) is 89.0 Å². The summed E-state index contributed by atoms with van der Waals surface area (Å²) in [7, 11) is 0. The average Bonchev–Trinajstić information content (AvgIpc) is 2.75. The number of aromatic carboxylic acids is 1. The van der Waals surface area contributed by atoms with E-state index in [1.165, 1.54) is 18.2 Å². The molecule has 160 valence electrons. The molecule has 0 bridgehead atoms. The first-order valence-electron chi connectivity index (χ1n) is 9.68. The molecule has 1 aliphatic rings.